The van der Waals surface area contributed by atoms with Crippen molar-refractivity contribution in [2.75, 3.05) is 13.2 Å². The minimum absolute atomic E-state index is 0.0480. The lowest BCUT2D eigenvalue weighted by Crippen LogP contribution is -2.49. The van der Waals surface area contributed by atoms with Gasteiger partial charge < -0.3 is 29.4 Å². The summed E-state index contributed by atoms with van der Waals surface area (Å²) in [6, 6.07) is 24.7. The molecule has 0 bridgehead atoms. The molecule has 0 aliphatic rings. The van der Waals surface area contributed by atoms with E-state index in [2.05, 4.69) is 5.32 Å². The molecule has 0 unspecified atom stereocenters. The van der Waals surface area contributed by atoms with E-state index in [0.717, 1.165) is 5.56 Å². The van der Waals surface area contributed by atoms with Gasteiger partial charge in [0.15, 0.2) is 0 Å². The van der Waals surface area contributed by atoms with Gasteiger partial charge in [0, 0.05) is 12.1 Å². The van der Waals surface area contributed by atoms with Crippen LogP contribution < -0.4 is 5.32 Å². The summed E-state index contributed by atoms with van der Waals surface area (Å²) in [5, 5.41) is 13.2. The van der Waals surface area contributed by atoms with Gasteiger partial charge in [-0.25, -0.2) is 19.2 Å². The van der Waals surface area contributed by atoms with E-state index in [4.69, 9.17) is 18.9 Å². The van der Waals surface area contributed by atoms with Crippen LogP contribution in [0.2, 0.25) is 0 Å². The lowest BCUT2D eigenvalue weighted by Gasteiger charge is -2.28. The van der Waals surface area contributed by atoms with Crippen LogP contribution in [0.5, 0.6) is 0 Å². The van der Waals surface area contributed by atoms with Crippen LogP contribution in [0.1, 0.15) is 47.1 Å². The molecule has 3 atom stereocenters. The van der Waals surface area contributed by atoms with Crippen LogP contribution >= 0.6 is 0 Å². The molecule has 0 aliphatic heterocycles. The van der Waals surface area contributed by atoms with E-state index in [9.17, 15) is 24.3 Å². The first-order valence-corrected chi connectivity index (χ1v) is 13.4. The average molecular weight is 578 g/mol. The largest absolute Gasteiger partial charge is 0.478 e. The highest BCUT2D eigenvalue weighted by molar-refractivity contribution is 5.95. The Kier molecular flexibility index (Phi) is 11.8. The molecule has 0 aliphatic carbocycles. The fraction of sp³-hybridized carbons (Fsp3) is 0.312. The minimum atomic E-state index is -2.20. The monoisotopic (exact) mass is 577 g/mol. The zero-order chi connectivity index (χ0) is 30.5. The lowest BCUT2D eigenvalue weighted by atomic mass is 10.1. The number of carboxylic acids is 1. The molecule has 0 heterocycles. The van der Waals surface area contributed by atoms with Crippen LogP contribution in [0.4, 0.5) is 0 Å². The molecular weight excluding hydrogens is 542 g/mol. The predicted molar refractivity (Wildman–Crippen MR) is 153 cm³/mol. The molecule has 3 rings (SSSR count). The van der Waals surface area contributed by atoms with Crippen molar-refractivity contribution in [3.05, 3.63) is 108 Å². The zero-order valence-electron chi connectivity index (χ0n) is 23.7. The molecule has 222 valence electrons. The molecule has 0 spiro atoms. The number of aliphatic carboxylic acids is 1. The van der Waals surface area contributed by atoms with Gasteiger partial charge in [-0.15, -0.1) is 0 Å². The topological polar surface area (TPSA) is 137 Å². The number of carbonyl (C=O) groups excluding carboxylic acids is 3. The number of rotatable bonds is 14. The van der Waals surface area contributed by atoms with Crippen LogP contribution in [-0.4, -0.2) is 66.0 Å². The first-order valence-electron chi connectivity index (χ1n) is 13.4. The van der Waals surface area contributed by atoms with Crippen LogP contribution in [-0.2, 0) is 35.1 Å². The fourth-order valence-electron chi connectivity index (χ4n) is 3.66. The van der Waals surface area contributed by atoms with Crippen LogP contribution in [0, 0.1) is 0 Å². The molecule has 10 nitrogen and oxygen atoms in total. The van der Waals surface area contributed by atoms with Gasteiger partial charge in [-0.1, -0.05) is 66.7 Å². The molecule has 0 saturated heterocycles. The molecule has 42 heavy (non-hydrogen) atoms. The highest BCUT2D eigenvalue weighted by Gasteiger charge is 2.43. The number of hydrogen-bond acceptors (Lipinski definition) is 9. The van der Waals surface area contributed by atoms with Crippen molar-refractivity contribution in [3.8, 4) is 0 Å². The summed E-state index contributed by atoms with van der Waals surface area (Å²) in [6.07, 6.45) is -5.22. The van der Waals surface area contributed by atoms with Gasteiger partial charge >= 0.3 is 23.9 Å². The van der Waals surface area contributed by atoms with E-state index in [0.29, 0.717) is 0 Å². The van der Waals surface area contributed by atoms with E-state index >= 15 is 0 Å². The van der Waals surface area contributed by atoms with Crippen molar-refractivity contribution < 1.29 is 43.2 Å². The second-order valence-corrected chi connectivity index (χ2v) is 10.4. The van der Waals surface area contributed by atoms with Crippen LogP contribution in [0.3, 0.4) is 0 Å². The Hall–Kier alpha value is -4.54. The van der Waals surface area contributed by atoms with Crippen molar-refractivity contribution in [2.45, 2.75) is 51.2 Å². The second-order valence-electron chi connectivity index (χ2n) is 10.4. The number of esters is 3. The van der Waals surface area contributed by atoms with Gasteiger partial charge in [-0.2, -0.15) is 0 Å². The molecule has 0 aromatic heterocycles. The molecule has 2 N–H and O–H groups in total. The van der Waals surface area contributed by atoms with E-state index in [1.54, 1.807) is 36.4 Å². The maximum absolute atomic E-state index is 13.5. The van der Waals surface area contributed by atoms with Gasteiger partial charge in [0.2, 0.25) is 12.2 Å². The van der Waals surface area contributed by atoms with Gasteiger partial charge in [-0.3, -0.25) is 0 Å². The Morgan fingerprint density at radius 1 is 0.714 bits per heavy atom. The van der Waals surface area contributed by atoms with Gasteiger partial charge in [0.1, 0.15) is 6.10 Å². The molecule has 0 radical (unpaired) electrons. The first kappa shape index (κ1) is 32.0. The lowest BCUT2D eigenvalue weighted by molar-refractivity contribution is -0.176. The number of ether oxygens (including phenoxy) is 4. The summed E-state index contributed by atoms with van der Waals surface area (Å²) in [5.74, 6) is -4.93. The quantitative estimate of drug-likeness (QED) is 0.213. The van der Waals surface area contributed by atoms with E-state index in [1.807, 2.05) is 51.1 Å². The third-order valence-corrected chi connectivity index (χ3v) is 5.80. The van der Waals surface area contributed by atoms with E-state index in [1.165, 1.54) is 24.3 Å². The number of nitrogens with one attached hydrogen (secondary N) is 1. The molecule has 0 saturated carbocycles. The summed E-state index contributed by atoms with van der Waals surface area (Å²) in [4.78, 5) is 51.5. The van der Waals surface area contributed by atoms with Gasteiger partial charge in [0.05, 0.1) is 24.3 Å². The van der Waals surface area contributed by atoms with Crippen LogP contribution in [0.15, 0.2) is 91.0 Å². The number of carboxylic acid groups (broad SMARTS) is 1. The van der Waals surface area contributed by atoms with E-state index < -0.39 is 42.2 Å². The Morgan fingerprint density at radius 2 is 1.19 bits per heavy atom. The predicted octanol–water partition coefficient (Wildman–Crippen LogP) is 4.04. The maximum Gasteiger partial charge on any atom is 0.352 e. The van der Waals surface area contributed by atoms with Gasteiger partial charge in [0.25, 0.3) is 0 Å². The first-order chi connectivity index (χ1) is 20.0. The van der Waals surface area contributed by atoms with E-state index in [-0.39, 0.29) is 36.4 Å². The second kappa shape index (κ2) is 15.5. The molecule has 3 aromatic rings. The summed E-state index contributed by atoms with van der Waals surface area (Å²) >= 11 is 0. The highest BCUT2D eigenvalue weighted by Crippen LogP contribution is 2.16. The molecular formula is C32H35NO9. The van der Waals surface area contributed by atoms with Gasteiger partial charge in [-0.05, 0) is 50.6 Å². The van der Waals surface area contributed by atoms with Crippen molar-refractivity contribution in [1.82, 2.24) is 5.32 Å². The molecule has 10 heteroatoms. The molecule has 3 aromatic carbocycles. The zero-order valence-corrected chi connectivity index (χ0v) is 23.7. The number of benzene rings is 3. The van der Waals surface area contributed by atoms with Crippen LogP contribution in [0.25, 0.3) is 0 Å². The van der Waals surface area contributed by atoms with Crippen molar-refractivity contribution in [3.63, 3.8) is 0 Å². The fourth-order valence-corrected chi connectivity index (χ4v) is 3.66. The third-order valence-electron chi connectivity index (χ3n) is 5.80. The standard InChI is InChI=1S/C32H35NO9/c1-32(2,3)33-19-25(21-39-20-22-13-7-4-8-14-22)40-31(38)27(42-30(37)24-17-11-6-12-18-24)26(28(34)35)41-29(36)23-15-9-5-10-16-23/h4-18,25-27,33H,19-21H2,1-3H3,(H,34,35)/t25-,26-,27+/m1/s1. The summed E-state index contributed by atoms with van der Waals surface area (Å²) in [6.45, 7) is 6.10. The number of carbonyl (C=O) groups is 4. The number of hydrogen-bond donors (Lipinski definition) is 2. The van der Waals surface area contributed by atoms with Crippen molar-refractivity contribution in [1.29, 1.82) is 0 Å². The highest BCUT2D eigenvalue weighted by atomic mass is 16.6. The Morgan fingerprint density at radius 3 is 1.67 bits per heavy atom. The summed E-state index contributed by atoms with van der Waals surface area (Å²) in [7, 11) is 0. The normalized spacial score (nSPS) is 13.3. The average Bonchev–Trinajstić information content (AvgIpc) is 2.98. The molecule has 0 amide bonds. The summed E-state index contributed by atoms with van der Waals surface area (Å²) < 4.78 is 22.0. The van der Waals surface area contributed by atoms with Crippen molar-refractivity contribution in [2.24, 2.45) is 0 Å². The third kappa shape index (κ3) is 10.5. The maximum atomic E-state index is 13.5. The Labute approximate surface area is 244 Å². The van der Waals surface area contributed by atoms with Crippen molar-refractivity contribution >= 4 is 23.9 Å². The Bertz CT molecular complexity index is 1310. The molecule has 0 fully saturated rings. The minimum Gasteiger partial charge on any atom is -0.478 e. The Balaban J connectivity index is 1.84. The SMILES string of the molecule is CC(C)(C)NC[C@H](COCc1ccccc1)OC(=O)[C@@H](OC(=O)c1ccccc1)[C@@H](OC(=O)c1ccccc1)C(=O)O. The summed E-state index contributed by atoms with van der Waals surface area (Å²) in [5.41, 5.74) is 0.663. The smallest absolute Gasteiger partial charge is 0.352 e.